The first-order chi connectivity index (χ1) is 22.8. The highest BCUT2D eigenvalue weighted by Crippen LogP contribution is 2.38. The first kappa shape index (κ1) is 25.0. The number of hydrogen-bond acceptors (Lipinski definition) is 4. The number of furan rings is 1. The van der Waals surface area contributed by atoms with Gasteiger partial charge < -0.3 is 4.42 Å². The van der Waals surface area contributed by atoms with E-state index in [9.17, 15) is 0 Å². The van der Waals surface area contributed by atoms with Crippen molar-refractivity contribution < 1.29 is 4.42 Å². The van der Waals surface area contributed by atoms with Crippen molar-refractivity contribution in [2.24, 2.45) is 0 Å². The Balaban J connectivity index is 1.32. The molecule has 0 spiro atoms. The Hall–Kier alpha value is -6.33. The van der Waals surface area contributed by atoms with Gasteiger partial charge in [0.1, 0.15) is 28.0 Å². The number of aromatic nitrogens is 4. The van der Waals surface area contributed by atoms with E-state index in [-0.39, 0.29) is 0 Å². The van der Waals surface area contributed by atoms with E-state index in [0.717, 1.165) is 82.7 Å². The fraction of sp³-hybridized carbons (Fsp3) is 0. The Morgan fingerprint density at radius 1 is 0.435 bits per heavy atom. The van der Waals surface area contributed by atoms with Crippen LogP contribution in [0.2, 0.25) is 0 Å². The molecular formula is C41H24N4O. The first-order valence-electron chi connectivity index (χ1n) is 15.4. The summed E-state index contributed by atoms with van der Waals surface area (Å²) in [6.07, 6.45) is 0. The molecule has 0 fully saturated rings. The van der Waals surface area contributed by atoms with Crippen molar-refractivity contribution in [3.8, 4) is 33.8 Å². The Bertz CT molecular complexity index is 2800. The molecule has 0 saturated carbocycles. The predicted molar refractivity (Wildman–Crippen MR) is 187 cm³/mol. The maximum absolute atomic E-state index is 6.26. The quantitative estimate of drug-likeness (QED) is 0.193. The summed E-state index contributed by atoms with van der Waals surface area (Å²) in [5.74, 6) is 0.656. The van der Waals surface area contributed by atoms with Crippen molar-refractivity contribution >= 4 is 60.4 Å². The summed E-state index contributed by atoms with van der Waals surface area (Å²) in [7, 11) is 0. The molecule has 0 aliphatic carbocycles. The molecule has 6 aromatic carbocycles. The highest BCUT2D eigenvalue weighted by molar-refractivity contribution is 6.15. The fourth-order valence-electron chi connectivity index (χ4n) is 6.85. The van der Waals surface area contributed by atoms with Gasteiger partial charge in [0.2, 0.25) is 0 Å². The lowest BCUT2D eigenvalue weighted by Gasteiger charge is -2.12. The van der Waals surface area contributed by atoms with Crippen molar-refractivity contribution in [2.75, 3.05) is 0 Å². The second-order valence-electron chi connectivity index (χ2n) is 11.7. The van der Waals surface area contributed by atoms with Crippen LogP contribution in [0.3, 0.4) is 0 Å². The molecule has 0 saturated heterocycles. The van der Waals surface area contributed by atoms with Gasteiger partial charge in [-0.2, -0.15) is 0 Å². The standard InChI is InChI=1S/C41H24N4O/c1-3-11-25(12-4-1)37-38-40(43-39(42-37)26-13-5-2-6-14-26)44-41-33-17-8-7-15-29(33)30-21-19-27(23-34(30)45(38)41)28-20-22-32-31-16-9-10-18-35(31)46-36(32)24-28/h1-24H. The van der Waals surface area contributed by atoms with Gasteiger partial charge in [0.05, 0.1) is 5.52 Å². The van der Waals surface area contributed by atoms with Gasteiger partial charge in [-0.15, -0.1) is 0 Å². The second kappa shape index (κ2) is 9.58. The molecule has 0 aliphatic heterocycles. The summed E-state index contributed by atoms with van der Waals surface area (Å²) < 4.78 is 8.51. The van der Waals surface area contributed by atoms with Crippen LogP contribution < -0.4 is 0 Å². The first-order valence-corrected chi connectivity index (χ1v) is 15.4. The second-order valence-corrected chi connectivity index (χ2v) is 11.7. The maximum Gasteiger partial charge on any atom is 0.183 e. The summed E-state index contributed by atoms with van der Waals surface area (Å²) in [6, 6.07) is 50.3. The van der Waals surface area contributed by atoms with E-state index in [1.165, 1.54) is 0 Å². The molecule has 0 bridgehead atoms. The molecule has 5 nitrogen and oxygen atoms in total. The molecule has 214 valence electrons. The van der Waals surface area contributed by atoms with Gasteiger partial charge in [-0.05, 0) is 40.8 Å². The third kappa shape index (κ3) is 3.66. The summed E-state index contributed by atoms with van der Waals surface area (Å²) in [6.45, 7) is 0. The summed E-state index contributed by atoms with van der Waals surface area (Å²) in [4.78, 5) is 15.5. The Morgan fingerprint density at radius 2 is 1.07 bits per heavy atom. The van der Waals surface area contributed by atoms with E-state index in [1.807, 2.05) is 48.5 Å². The Labute approximate surface area is 263 Å². The van der Waals surface area contributed by atoms with Gasteiger partial charge in [-0.3, -0.25) is 4.40 Å². The van der Waals surface area contributed by atoms with Gasteiger partial charge in [0, 0.05) is 32.7 Å². The molecule has 0 unspecified atom stereocenters. The lowest BCUT2D eigenvalue weighted by molar-refractivity contribution is 0.669. The molecule has 0 amide bonds. The van der Waals surface area contributed by atoms with Crippen LogP contribution in [0.15, 0.2) is 150 Å². The van der Waals surface area contributed by atoms with Crippen molar-refractivity contribution in [1.29, 1.82) is 0 Å². The molecule has 4 aromatic heterocycles. The minimum absolute atomic E-state index is 0.656. The SMILES string of the molecule is c1ccc(-c2nc(-c3ccccc3)c3c(n2)nc2c4ccccc4c4ccc(-c5ccc6c(c5)oc5ccccc56)cc4n23)cc1. The summed E-state index contributed by atoms with van der Waals surface area (Å²) in [5.41, 5.74) is 10.2. The zero-order chi connectivity index (χ0) is 30.2. The molecule has 4 heterocycles. The number of pyridine rings is 1. The molecule has 0 atom stereocenters. The van der Waals surface area contributed by atoms with Gasteiger partial charge in [-0.1, -0.05) is 121 Å². The van der Waals surface area contributed by atoms with Crippen molar-refractivity contribution in [2.45, 2.75) is 0 Å². The molecule has 0 aliphatic rings. The predicted octanol–water partition coefficient (Wildman–Crippen LogP) is 10.5. The monoisotopic (exact) mass is 588 g/mol. The van der Waals surface area contributed by atoms with Gasteiger partial charge >= 0.3 is 0 Å². The Morgan fingerprint density at radius 3 is 1.87 bits per heavy atom. The van der Waals surface area contributed by atoms with E-state index in [0.29, 0.717) is 11.5 Å². The number of benzene rings is 6. The van der Waals surface area contributed by atoms with Crippen LogP contribution in [0.4, 0.5) is 0 Å². The lowest BCUT2D eigenvalue weighted by Crippen LogP contribution is -1.98. The molecule has 10 aromatic rings. The highest BCUT2D eigenvalue weighted by Gasteiger charge is 2.21. The zero-order valence-electron chi connectivity index (χ0n) is 24.6. The van der Waals surface area contributed by atoms with E-state index in [4.69, 9.17) is 19.4 Å². The van der Waals surface area contributed by atoms with Crippen molar-refractivity contribution in [3.63, 3.8) is 0 Å². The van der Waals surface area contributed by atoms with Crippen LogP contribution in [0.5, 0.6) is 0 Å². The molecular weight excluding hydrogens is 564 g/mol. The number of fused-ring (bicyclic) bond motifs is 11. The molecule has 0 N–H and O–H groups in total. The minimum atomic E-state index is 0.656. The number of rotatable bonds is 3. The van der Waals surface area contributed by atoms with Crippen molar-refractivity contribution in [1.82, 2.24) is 19.4 Å². The van der Waals surface area contributed by atoms with Gasteiger partial charge in [0.25, 0.3) is 0 Å². The third-order valence-electron chi connectivity index (χ3n) is 9.00. The topological polar surface area (TPSA) is 56.2 Å². The van der Waals surface area contributed by atoms with E-state index >= 15 is 0 Å². The minimum Gasteiger partial charge on any atom is -0.456 e. The number of hydrogen-bond donors (Lipinski definition) is 0. The molecule has 46 heavy (non-hydrogen) atoms. The van der Waals surface area contributed by atoms with E-state index in [1.54, 1.807) is 0 Å². The highest BCUT2D eigenvalue weighted by atomic mass is 16.3. The smallest absolute Gasteiger partial charge is 0.183 e. The Kier molecular flexibility index (Phi) is 5.22. The molecule has 5 heteroatoms. The van der Waals surface area contributed by atoms with Crippen LogP contribution >= 0.6 is 0 Å². The average Bonchev–Trinajstić information content (AvgIpc) is 3.71. The number of imidazole rings is 1. The maximum atomic E-state index is 6.26. The molecule has 10 rings (SSSR count). The van der Waals surface area contributed by atoms with Crippen LogP contribution in [0, 0.1) is 0 Å². The summed E-state index contributed by atoms with van der Waals surface area (Å²) in [5, 5.41) is 5.61. The number of nitrogens with zero attached hydrogens (tertiary/aromatic N) is 4. The lowest BCUT2D eigenvalue weighted by atomic mass is 9.99. The van der Waals surface area contributed by atoms with Gasteiger partial charge in [0.15, 0.2) is 11.5 Å². The van der Waals surface area contributed by atoms with Crippen LogP contribution in [0.1, 0.15) is 0 Å². The normalized spacial score (nSPS) is 11.9. The van der Waals surface area contributed by atoms with Crippen LogP contribution in [-0.4, -0.2) is 19.4 Å². The average molecular weight is 589 g/mol. The van der Waals surface area contributed by atoms with Crippen molar-refractivity contribution in [3.05, 3.63) is 146 Å². The van der Waals surface area contributed by atoms with E-state index < -0.39 is 0 Å². The largest absolute Gasteiger partial charge is 0.456 e. The fourth-order valence-corrected chi connectivity index (χ4v) is 6.85. The van der Waals surface area contributed by atoms with Crippen LogP contribution in [0.25, 0.3) is 94.2 Å². The molecule has 0 radical (unpaired) electrons. The number of para-hydroxylation sites is 1. The third-order valence-corrected chi connectivity index (χ3v) is 9.00. The van der Waals surface area contributed by atoms with E-state index in [2.05, 4.69) is 101 Å². The zero-order valence-corrected chi connectivity index (χ0v) is 24.6. The summed E-state index contributed by atoms with van der Waals surface area (Å²) >= 11 is 0. The van der Waals surface area contributed by atoms with Crippen LogP contribution in [-0.2, 0) is 0 Å². The van der Waals surface area contributed by atoms with Gasteiger partial charge in [-0.25, -0.2) is 15.0 Å².